The normalized spacial score (nSPS) is 16.1. The lowest BCUT2D eigenvalue weighted by Crippen LogP contribution is -2.26. The van der Waals surface area contributed by atoms with E-state index < -0.39 is 0 Å². The van der Waals surface area contributed by atoms with Crippen LogP contribution in [0.3, 0.4) is 0 Å². The minimum atomic E-state index is -0.329. The third-order valence-corrected chi connectivity index (χ3v) is 3.35. The Morgan fingerprint density at radius 2 is 2.26 bits per heavy atom. The highest BCUT2D eigenvalue weighted by atomic mass is 16.5. The van der Waals surface area contributed by atoms with E-state index in [-0.39, 0.29) is 11.8 Å². The molecule has 1 atom stereocenters. The van der Waals surface area contributed by atoms with Gasteiger partial charge in [-0.3, -0.25) is 4.79 Å². The zero-order chi connectivity index (χ0) is 13.8. The highest BCUT2D eigenvalue weighted by Crippen LogP contribution is 2.24. The van der Waals surface area contributed by atoms with E-state index in [0.29, 0.717) is 12.6 Å². The van der Waals surface area contributed by atoms with Crippen molar-refractivity contribution in [3.05, 3.63) is 29.3 Å². The van der Waals surface area contributed by atoms with Gasteiger partial charge >= 0.3 is 0 Å². The molecule has 0 saturated heterocycles. The Kier molecular flexibility index (Phi) is 4.43. The van der Waals surface area contributed by atoms with Crippen molar-refractivity contribution in [2.75, 3.05) is 6.61 Å². The number of nitrogens with one attached hydrogen (secondary N) is 1. The number of benzene rings is 1. The van der Waals surface area contributed by atoms with Crippen molar-refractivity contribution < 1.29 is 9.53 Å². The summed E-state index contributed by atoms with van der Waals surface area (Å²) in [7, 11) is 0. The summed E-state index contributed by atoms with van der Waals surface area (Å²) < 4.78 is 5.73. The summed E-state index contributed by atoms with van der Waals surface area (Å²) in [6.07, 6.45) is 2.53. The number of primary amides is 1. The fourth-order valence-corrected chi connectivity index (χ4v) is 1.83. The lowest BCUT2D eigenvalue weighted by molar-refractivity contribution is -0.122. The van der Waals surface area contributed by atoms with Gasteiger partial charge in [0, 0.05) is 18.2 Å². The maximum Gasteiger partial charge on any atom is 0.223 e. The molecule has 0 bridgehead atoms. The Morgan fingerprint density at radius 1 is 1.53 bits per heavy atom. The fraction of sp³-hybridized carbons (Fsp3) is 0.533. The quantitative estimate of drug-likeness (QED) is 0.787. The average molecular weight is 262 g/mol. The number of hydrogen-bond acceptors (Lipinski definition) is 3. The molecule has 4 nitrogen and oxygen atoms in total. The molecule has 4 heteroatoms. The molecular formula is C15H22N2O2. The van der Waals surface area contributed by atoms with Gasteiger partial charge in [-0.15, -0.1) is 0 Å². The predicted molar refractivity (Wildman–Crippen MR) is 74.9 cm³/mol. The molecule has 3 N–H and O–H groups in total. The minimum absolute atomic E-state index is 0.273. The van der Waals surface area contributed by atoms with Gasteiger partial charge in [0.2, 0.25) is 5.91 Å². The van der Waals surface area contributed by atoms with Crippen molar-refractivity contribution in [1.29, 1.82) is 0 Å². The molecule has 0 spiro atoms. The van der Waals surface area contributed by atoms with Crippen LogP contribution >= 0.6 is 0 Å². The van der Waals surface area contributed by atoms with Crippen molar-refractivity contribution >= 4 is 5.91 Å². The molecule has 0 aromatic heterocycles. The molecule has 2 rings (SSSR count). The number of hydrogen-bond donors (Lipinski definition) is 2. The van der Waals surface area contributed by atoms with E-state index >= 15 is 0 Å². The Bertz CT molecular complexity index is 455. The van der Waals surface area contributed by atoms with Crippen LogP contribution in [0.15, 0.2) is 18.2 Å². The smallest absolute Gasteiger partial charge is 0.223 e. The summed E-state index contributed by atoms with van der Waals surface area (Å²) in [6, 6.07) is 6.77. The summed E-state index contributed by atoms with van der Waals surface area (Å²) >= 11 is 0. The predicted octanol–water partition coefficient (Wildman–Crippen LogP) is 1.75. The molecule has 1 saturated carbocycles. The lowest BCUT2D eigenvalue weighted by atomic mass is 10.1. The van der Waals surface area contributed by atoms with Crippen molar-refractivity contribution in [3.63, 3.8) is 0 Å². The molecule has 0 aliphatic heterocycles. The van der Waals surface area contributed by atoms with E-state index in [1.807, 2.05) is 12.1 Å². The number of rotatable bonds is 7. The molecule has 1 amide bonds. The summed E-state index contributed by atoms with van der Waals surface area (Å²) in [6.45, 7) is 4.98. The maximum absolute atomic E-state index is 11.0. The molecule has 1 aliphatic rings. The van der Waals surface area contributed by atoms with E-state index in [1.165, 1.54) is 18.4 Å². The van der Waals surface area contributed by atoms with E-state index in [4.69, 9.17) is 10.5 Å². The Balaban J connectivity index is 1.98. The minimum Gasteiger partial charge on any atom is -0.492 e. The highest BCUT2D eigenvalue weighted by molar-refractivity contribution is 5.76. The zero-order valence-corrected chi connectivity index (χ0v) is 11.6. The molecule has 0 radical (unpaired) electrons. The molecule has 104 valence electrons. The van der Waals surface area contributed by atoms with E-state index in [1.54, 1.807) is 6.92 Å². The van der Waals surface area contributed by atoms with Crippen LogP contribution in [-0.4, -0.2) is 18.6 Å². The average Bonchev–Trinajstić information content (AvgIpc) is 3.18. The van der Waals surface area contributed by atoms with Gasteiger partial charge < -0.3 is 15.8 Å². The molecule has 1 aromatic carbocycles. The van der Waals surface area contributed by atoms with Gasteiger partial charge in [-0.25, -0.2) is 0 Å². The molecule has 1 aromatic rings. The Hall–Kier alpha value is -1.55. The van der Waals surface area contributed by atoms with Crippen molar-refractivity contribution in [2.45, 2.75) is 39.3 Å². The molecule has 1 fully saturated rings. The monoisotopic (exact) mass is 262 g/mol. The van der Waals surface area contributed by atoms with Gasteiger partial charge in [-0.2, -0.15) is 0 Å². The second kappa shape index (κ2) is 6.06. The zero-order valence-electron chi connectivity index (χ0n) is 11.6. The summed E-state index contributed by atoms with van der Waals surface area (Å²) in [5.41, 5.74) is 7.59. The van der Waals surface area contributed by atoms with Crippen LogP contribution < -0.4 is 15.8 Å². The number of amides is 1. The number of carbonyl (C=O) groups is 1. The van der Waals surface area contributed by atoms with E-state index in [2.05, 4.69) is 18.3 Å². The molecule has 1 aliphatic carbocycles. The van der Waals surface area contributed by atoms with Gasteiger partial charge in [-0.1, -0.05) is 24.6 Å². The van der Waals surface area contributed by atoms with E-state index in [0.717, 1.165) is 17.9 Å². The highest BCUT2D eigenvalue weighted by Gasteiger charge is 2.20. The number of ether oxygens (including phenoxy) is 1. The first kappa shape index (κ1) is 13.9. The molecule has 0 heterocycles. The summed E-state index contributed by atoms with van der Waals surface area (Å²) in [5.74, 6) is 0.238. The first-order valence-electron chi connectivity index (χ1n) is 6.81. The maximum atomic E-state index is 11.0. The van der Waals surface area contributed by atoms with E-state index in [9.17, 15) is 4.79 Å². The SMILES string of the molecule is Cc1ccc(OCC(C)C(N)=O)c(CNC2CC2)c1. The molecule has 1 unspecified atom stereocenters. The second-order valence-corrected chi connectivity index (χ2v) is 5.38. The van der Waals surface area contributed by atoms with Gasteiger partial charge in [0.1, 0.15) is 5.75 Å². The third kappa shape index (κ3) is 4.24. The van der Waals surface area contributed by atoms with Gasteiger partial charge in [0.25, 0.3) is 0 Å². The topological polar surface area (TPSA) is 64.3 Å². The van der Waals surface area contributed by atoms with Gasteiger partial charge in [-0.05, 0) is 25.8 Å². The number of nitrogens with two attached hydrogens (primary N) is 1. The molecule has 19 heavy (non-hydrogen) atoms. The standard InChI is InChI=1S/C15H22N2O2/c1-10-3-6-14(19-9-11(2)15(16)18)12(7-10)8-17-13-4-5-13/h3,6-7,11,13,17H,4-5,8-9H2,1-2H3,(H2,16,18). The Morgan fingerprint density at radius 3 is 2.89 bits per heavy atom. The van der Waals surface area contributed by atoms with Crippen LogP contribution in [0.4, 0.5) is 0 Å². The Labute approximate surface area is 114 Å². The molecular weight excluding hydrogens is 240 g/mol. The van der Waals surface area contributed by atoms with Gasteiger partial charge in [0.15, 0.2) is 0 Å². The van der Waals surface area contributed by atoms with Crippen LogP contribution in [0.25, 0.3) is 0 Å². The van der Waals surface area contributed by atoms with Crippen molar-refractivity contribution in [2.24, 2.45) is 11.7 Å². The largest absolute Gasteiger partial charge is 0.492 e. The van der Waals surface area contributed by atoms with Crippen molar-refractivity contribution in [1.82, 2.24) is 5.32 Å². The lowest BCUT2D eigenvalue weighted by Gasteiger charge is -2.15. The van der Waals surface area contributed by atoms with Crippen molar-refractivity contribution in [3.8, 4) is 5.75 Å². The first-order chi connectivity index (χ1) is 9.06. The first-order valence-corrected chi connectivity index (χ1v) is 6.81. The van der Waals surface area contributed by atoms with Crippen LogP contribution in [0.1, 0.15) is 30.9 Å². The summed E-state index contributed by atoms with van der Waals surface area (Å²) in [5, 5.41) is 3.48. The fourth-order valence-electron chi connectivity index (χ4n) is 1.83. The second-order valence-electron chi connectivity index (χ2n) is 5.38. The van der Waals surface area contributed by atoms with Crippen LogP contribution in [0.2, 0.25) is 0 Å². The third-order valence-electron chi connectivity index (χ3n) is 3.35. The van der Waals surface area contributed by atoms with Crippen LogP contribution in [-0.2, 0) is 11.3 Å². The summed E-state index contributed by atoms with van der Waals surface area (Å²) in [4.78, 5) is 11.0. The van der Waals surface area contributed by atoms with Gasteiger partial charge in [0.05, 0.1) is 12.5 Å². The number of carbonyl (C=O) groups excluding carboxylic acids is 1. The van der Waals surface area contributed by atoms with Crippen LogP contribution in [0.5, 0.6) is 5.75 Å². The van der Waals surface area contributed by atoms with Crippen LogP contribution in [0, 0.1) is 12.8 Å². The number of aryl methyl sites for hydroxylation is 1.